The van der Waals surface area contributed by atoms with Gasteiger partial charge in [0.2, 0.25) is 6.35 Å². The van der Waals surface area contributed by atoms with E-state index in [4.69, 9.17) is 4.74 Å². The molecule has 0 saturated heterocycles. The van der Waals surface area contributed by atoms with Crippen LogP contribution in [0.3, 0.4) is 0 Å². The lowest BCUT2D eigenvalue weighted by atomic mass is 10.2. The van der Waals surface area contributed by atoms with E-state index >= 15 is 0 Å². The Kier molecular flexibility index (Phi) is 4.46. The summed E-state index contributed by atoms with van der Waals surface area (Å²) in [5.41, 5.74) is 0. The number of nitrogens with one attached hydrogen (secondary N) is 1. The summed E-state index contributed by atoms with van der Waals surface area (Å²) in [7, 11) is 0. The van der Waals surface area contributed by atoms with Crippen LogP contribution in [0.15, 0.2) is 17.3 Å². The molecule has 0 radical (unpaired) electrons. The summed E-state index contributed by atoms with van der Waals surface area (Å²) >= 11 is 0. The van der Waals surface area contributed by atoms with Crippen molar-refractivity contribution in [1.82, 2.24) is 5.32 Å². The molecule has 3 nitrogen and oxygen atoms in total. The molecule has 12 heavy (non-hydrogen) atoms. The number of hydrogen-bond acceptors (Lipinski definition) is 3. The molecule has 1 N–H and O–H groups in total. The molecule has 1 unspecified atom stereocenters. The second kappa shape index (κ2) is 5.77. The van der Waals surface area contributed by atoms with E-state index in [1.165, 1.54) is 19.3 Å². The highest BCUT2D eigenvalue weighted by Gasteiger charge is 2.03. The molecule has 1 aliphatic heterocycles. The van der Waals surface area contributed by atoms with Gasteiger partial charge in [-0.3, -0.25) is 5.32 Å². The van der Waals surface area contributed by atoms with Crippen molar-refractivity contribution in [2.24, 2.45) is 4.99 Å². The Bertz CT molecular complexity index is 166. The molecule has 1 atom stereocenters. The Morgan fingerprint density at radius 3 is 3.08 bits per heavy atom. The van der Waals surface area contributed by atoms with Gasteiger partial charge in [-0.2, -0.15) is 0 Å². The second-order valence-corrected chi connectivity index (χ2v) is 2.78. The zero-order valence-electron chi connectivity index (χ0n) is 7.49. The highest BCUT2D eigenvalue weighted by molar-refractivity contribution is 5.71. The molecule has 1 rings (SSSR count). The highest BCUT2D eigenvalue weighted by atomic mass is 16.5. The minimum Gasteiger partial charge on any atom is -0.463 e. The van der Waals surface area contributed by atoms with Gasteiger partial charge >= 0.3 is 0 Å². The fraction of sp³-hybridized carbons (Fsp3) is 0.667. The molecule has 0 amide bonds. The van der Waals surface area contributed by atoms with Crippen molar-refractivity contribution in [2.45, 2.75) is 32.5 Å². The third-order valence-electron chi connectivity index (χ3n) is 1.69. The van der Waals surface area contributed by atoms with Crippen molar-refractivity contribution in [3.63, 3.8) is 0 Å². The van der Waals surface area contributed by atoms with Crippen molar-refractivity contribution >= 4 is 6.21 Å². The summed E-state index contributed by atoms with van der Waals surface area (Å²) in [4.78, 5) is 4.08. The van der Waals surface area contributed by atoms with Crippen LogP contribution in [0.2, 0.25) is 0 Å². The summed E-state index contributed by atoms with van der Waals surface area (Å²) < 4.78 is 5.17. The predicted molar refractivity (Wildman–Crippen MR) is 50.0 cm³/mol. The highest BCUT2D eigenvalue weighted by Crippen LogP contribution is 1.97. The number of hydrogen-bond donors (Lipinski definition) is 1. The van der Waals surface area contributed by atoms with E-state index in [0.29, 0.717) is 0 Å². The maximum Gasteiger partial charge on any atom is 0.246 e. The molecule has 1 aliphatic rings. The first-order valence-electron chi connectivity index (χ1n) is 4.50. The van der Waals surface area contributed by atoms with Gasteiger partial charge in [-0.15, -0.1) is 0 Å². The van der Waals surface area contributed by atoms with Crippen molar-refractivity contribution in [2.75, 3.05) is 6.54 Å². The van der Waals surface area contributed by atoms with Gasteiger partial charge in [0, 0.05) is 12.8 Å². The normalized spacial score (nSPS) is 20.9. The molecule has 0 aliphatic carbocycles. The van der Waals surface area contributed by atoms with E-state index in [0.717, 1.165) is 6.54 Å². The molecule has 0 saturated carbocycles. The van der Waals surface area contributed by atoms with Crippen LogP contribution >= 0.6 is 0 Å². The number of aliphatic imine (C=N–C) groups is 1. The fourth-order valence-electron chi connectivity index (χ4n) is 1.02. The zero-order chi connectivity index (χ0) is 8.65. The molecular formula is C9H16N2O. The number of ether oxygens (including phenoxy) is 1. The van der Waals surface area contributed by atoms with Crippen molar-refractivity contribution < 1.29 is 4.74 Å². The Balaban J connectivity index is 2.00. The van der Waals surface area contributed by atoms with Crippen molar-refractivity contribution in [3.8, 4) is 0 Å². The monoisotopic (exact) mass is 168 g/mol. The van der Waals surface area contributed by atoms with Gasteiger partial charge in [-0.25, -0.2) is 4.99 Å². The van der Waals surface area contributed by atoms with Crippen molar-refractivity contribution in [3.05, 3.63) is 12.3 Å². The van der Waals surface area contributed by atoms with Gasteiger partial charge in [0.25, 0.3) is 0 Å². The fourth-order valence-corrected chi connectivity index (χ4v) is 1.02. The molecule has 0 bridgehead atoms. The third kappa shape index (κ3) is 3.53. The van der Waals surface area contributed by atoms with E-state index in [1.54, 1.807) is 18.6 Å². The second-order valence-electron chi connectivity index (χ2n) is 2.78. The lowest BCUT2D eigenvalue weighted by Crippen LogP contribution is -2.30. The Labute approximate surface area is 73.5 Å². The van der Waals surface area contributed by atoms with Gasteiger partial charge in [-0.1, -0.05) is 19.8 Å². The molecule has 1 heterocycles. The molecule has 68 valence electrons. The lowest BCUT2D eigenvalue weighted by Gasteiger charge is -2.15. The quantitative estimate of drug-likeness (QED) is 0.633. The zero-order valence-corrected chi connectivity index (χ0v) is 7.49. The van der Waals surface area contributed by atoms with Gasteiger partial charge < -0.3 is 4.74 Å². The standard InChI is InChI=1S/C9H16N2O/c1-2-3-4-6-10-9-11-7-5-8-12-9/h5,7-10H,2-4,6H2,1H3. The van der Waals surface area contributed by atoms with Crippen LogP contribution < -0.4 is 5.32 Å². The van der Waals surface area contributed by atoms with Crippen LogP contribution in [-0.4, -0.2) is 19.1 Å². The van der Waals surface area contributed by atoms with Crippen LogP contribution in [0.5, 0.6) is 0 Å². The van der Waals surface area contributed by atoms with Gasteiger partial charge in [0.05, 0.1) is 6.26 Å². The van der Waals surface area contributed by atoms with E-state index < -0.39 is 0 Å². The minimum atomic E-state index is -0.160. The minimum absolute atomic E-state index is 0.160. The average molecular weight is 168 g/mol. The molecular weight excluding hydrogens is 152 g/mol. The first-order valence-corrected chi connectivity index (χ1v) is 4.50. The van der Waals surface area contributed by atoms with E-state index in [1.807, 2.05) is 0 Å². The number of allylic oxidation sites excluding steroid dienone is 1. The van der Waals surface area contributed by atoms with Crippen LogP contribution in [0.1, 0.15) is 26.2 Å². The first-order chi connectivity index (χ1) is 5.93. The number of nitrogens with zero attached hydrogens (tertiary/aromatic N) is 1. The van der Waals surface area contributed by atoms with Gasteiger partial charge in [-0.05, 0) is 12.5 Å². The first kappa shape index (κ1) is 9.26. The van der Waals surface area contributed by atoms with E-state index in [2.05, 4.69) is 17.2 Å². The molecule has 0 fully saturated rings. The SMILES string of the molecule is CCCCCNC1N=CC=CO1. The van der Waals surface area contributed by atoms with Crippen LogP contribution in [0, 0.1) is 0 Å². The summed E-state index contributed by atoms with van der Waals surface area (Å²) in [6.45, 7) is 3.17. The topological polar surface area (TPSA) is 33.6 Å². The Morgan fingerprint density at radius 1 is 1.50 bits per heavy atom. The lowest BCUT2D eigenvalue weighted by molar-refractivity contribution is 0.117. The molecule has 0 aromatic heterocycles. The molecule has 0 aromatic rings. The molecule has 3 heteroatoms. The molecule has 0 aromatic carbocycles. The van der Waals surface area contributed by atoms with E-state index in [-0.39, 0.29) is 6.35 Å². The van der Waals surface area contributed by atoms with Crippen LogP contribution in [-0.2, 0) is 4.74 Å². The predicted octanol–water partition coefficient (Wildman–Crippen LogP) is 1.66. The van der Waals surface area contributed by atoms with Crippen LogP contribution in [0.25, 0.3) is 0 Å². The number of rotatable bonds is 5. The van der Waals surface area contributed by atoms with Crippen LogP contribution in [0.4, 0.5) is 0 Å². The Morgan fingerprint density at radius 2 is 2.42 bits per heavy atom. The summed E-state index contributed by atoms with van der Waals surface area (Å²) in [5.74, 6) is 0. The maximum absolute atomic E-state index is 5.17. The average Bonchev–Trinajstić information content (AvgIpc) is 2.14. The van der Waals surface area contributed by atoms with Crippen molar-refractivity contribution in [1.29, 1.82) is 0 Å². The Hall–Kier alpha value is -0.830. The third-order valence-corrected chi connectivity index (χ3v) is 1.69. The van der Waals surface area contributed by atoms with Gasteiger partial charge in [0.1, 0.15) is 0 Å². The smallest absolute Gasteiger partial charge is 0.246 e. The summed E-state index contributed by atoms with van der Waals surface area (Å²) in [6, 6.07) is 0. The van der Waals surface area contributed by atoms with E-state index in [9.17, 15) is 0 Å². The molecule has 0 spiro atoms. The maximum atomic E-state index is 5.17. The summed E-state index contributed by atoms with van der Waals surface area (Å²) in [5, 5.41) is 3.18. The largest absolute Gasteiger partial charge is 0.463 e. The number of unbranched alkanes of at least 4 members (excludes halogenated alkanes) is 2. The summed E-state index contributed by atoms with van der Waals surface area (Å²) in [6.07, 6.45) is 8.73. The van der Waals surface area contributed by atoms with Gasteiger partial charge in [0.15, 0.2) is 0 Å².